The maximum atomic E-state index is 12.3. The molecule has 0 radical (unpaired) electrons. The molecule has 0 spiro atoms. The third-order valence-electron chi connectivity index (χ3n) is 4.37. The summed E-state index contributed by atoms with van der Waals surface area (Å²) < 4.78 is 7.31. The van der Waals surface area contributed by atoms with E-state index in [1.165, 1.54) is 12.8 Å². The number of aromatic nitrogens is 2. The molecule has 0 unspecified atom stereocenters. The van der Waals surface area contributed by atoms with E-state index in [9.17, 15) is 4.79 Å². The van der Waals surface area contributed by atoms with Gasteiger partial charge in [0.25, 0.3) is 5.56 Å². The van der Waals surface area contributed by atoms with Crippen molar-refractivity contribution >= 4 is 21.6 Å². The lowest BCUT2D eigenvalue weighted by molar-refractivity contribution is -0.0277. The first-order valence-corrected chi connectivity index (χ1v) is 8.57. The molecule has 2 fully saturated rings. The second kappa shape index (κ2) is 5.39. The molecule has 1 aliphatic heterocycles. The Morgan fingerprint density at radius 2 is 2.19 bits per heavy atom. The fourth-order valence-corrected chi connectivity index (χ4v) is 3.52. The highest BCUT2D eigenvalue weighted by Gasteiger charge is 2.42. The molecule has 0 aromatic carbocycles. The van der Waals surface area contributed by atoms with Gasteiger partial charge in [-0.3, -0.25) is 4.79 Å². The van der Waals surface area contributed by atoms with Crippen molar-refractivity contribution in [2.45, 2.75) is 38.8 Å². The first-order valence-electron chi connectivity index (χ1n) is 7.45. The summed E-state index contributed by atoms with van der Waals surface area (Å²) >= 11 is 3.54. The van der Waals surface area contributed by atoms with Gasteiger partial charge < -0.3 is 9.64 Å². The van der Waals surface area contributed by atoms with Gasteiger partial charge in [0.15, 0.2) is 0 Å². The zero-order valence-electron chi connectivity index (χ0n) is 12.6. The monoisotopic (exact) mass is 355 g/mol. The molecule has 0 bridgehead atoms. The maximum absolute atomic E-state index is 12.3. The number of anilines is 1. The molecule has 1 saturated heterocycles. The first kappa shape index (κ1) is 15.0. The number of halogens is 1. The van der Waals surface area contributed by atoms with Crippen molar-refractivity contribution in [2.75, 3.05) is 29.9 Å². The maximum Gasteiger partial charge on any atom is 0.268 e. The minimum atomic E-state index is -0.179. The molecule has 21 heavy (non-hydrogen) atoms. The average molecular weight is 356 g/mol. The Morgan fingerprint density at radius 3 is 2.76 bits per heavy atom. The standard InChI is InChI=1S/C15H22BrN3O2/c1-14(2)10-18(5-6-21-14)12-7-13(20)19(17-8-12)11-15(9-16)3-4-15/h7-8H,3-6,9-11H2,1-2H3. The zero-order valence-corrected chi connectivity index (χ0v) is 14.2. The van der Waals surface area contributed by atoms with Crippen LogP contribution in [-0.4, -0.2) is 40.4 Å². The van der Waals surface area contributed by atoms with Crippen LogP contribution in [0.5, 0.6) is 0 Å². The fraction of sp³-hybridized carbons (Fsp3) is 0.733. The van der Waals surface area contributed by atoms with Gasteiger partial charge in [-0.05, 0) is 32.1 Å². The van der Waals surface area contributed by atoms with Crippen LogP contribution in [0.25, 0.3) is 0 Å². The number of alkyl halides is 1. The second-order valence-electron chi connectivity index (χ2n) is 6.87. The van der Waals surface area contributed by atoms with Crippen LogP contribution in [0.4, 0.5) is 5.69 Å². The van der Waals surface area contributed by atoms with Crippen LogP contribution in [0, 0.1) is 5.41 Å². The Kier molecular flexibility index (Phi) is 3.86. The van der Waals surface area contributed by atoms with Crippen molar-refractivity contribution in [3.05, 3.63) is 22.6 Å². The van der Waals surface area contributed by atoms with Crippen LogP contribution in [0.15, 0.2) is 17.1 Å². The van der Waals surface area contributed by atoms with E-state index in [1.54, 1.807) is 10.7 Å². The quantitative estimate of drug-likeness (QED) is 0.775. The smallest absolute Gasteiger partial charge is 0.268 e. The summed E-state index contributed by atoms with van der Waals surface area (Å²) in [6.07, 6.45) is 4.16. The molecule has 1 aliphatic carbocycles. The lowest BCUT2D eigenvalue weighted by Crippen LogP contribution is -2.48. The lowest BCUT2D eigenvalue weighted by Gasteiger charge is -2.39. The molecule has 5 nitrogen and oxygen atoms in total. The van der Waals surface area contributed by atoms with Gasteiger partial charge in [-0.15, -0.1) is 0 Å². The molecule has 1 aromatic rings. The summed E-state index contributed by atoms with van der Waals surface area (Å²) in [6, 6.07) is 1.71. The van der Waals surface area contributed by atoms with Gasteiger partial charge in [-0.25, -0.2) is 4.68 Å². The van der Waals surface area contributed by atoms with Gasteiger partial charge in [0.1, 0.15) is 0 Å². The van der Waals surface area contributed by atoms with Crippen LogP contribution in [0.3, 0.4) is 0 Å². The van der Waals surface area contributed by atoms with Crippen molar-refractivity contribution in [1.29, 1.82) is 0 Å². The predicted molar refractivity (Wildman–Crippen MR) is 86.2 cm³/mol. The van der Waals surface area contributed by atoms with Gasteiger partial charge in [0.2, 0.25) is 0 Å². The Morgan fingerprint density at radius 1 is 1.43 bits per heavy atom. The van der Waals surface area contributed by atoms with Crippen LogP contribution in [-0.2, 0) is 11.3 Å². The van der Waals surface area contributed by atoms with Crippen molar-refractivity contribution in [3.63, 3.8) is 0 Å². The van der Waals surface area contributed by atoms with E-state index < -0.39 is 0 Å². The Balaban J connectivity index is 1.76. The van der Waals surface area contributed by atoms with E-state index >= 15 is 0 Å². The first-order chi connectivity index (χ1) is 9.93. The zero-order chi connectivity index (χ0) is 15.1. The molecule has 2 heterocycles. The molecule has 6 heteroatoms. The largest absolute Gasteiger partial charge is 0.372 e. The SMILES string of the molecule is CC1(C)CN(c2cnn(CC3(CBr)CC3)c(=O)c2)CCO1. The Hall–Kier alpha value is -0.880. The van der Waals surface area contributed by atoms with Crippen LogP contribution in [0.2, 0.25) is 0 Å². The van der Waals surface area contributed by atoms with E-state index in [4.69, 9.17) is 4.74 Å². The van der Waals surface area contributed by atoms with Crippen molar-refractivity contribution in [3.8, 4) is 0 Å². The third kappa shape index (κ3) is 3.31. The summed E-state index contributed by atoms with van der Waals surface area (Å²) in [5.74, 6) is 0. The van der Waals surface area contributed by atoms with Gasteiger partial charge in [-0.2, -0.15) is 5.10 Å². The molecule has 0 N–H and O–H groups in total. The Labute approximate surface area is 133 Å². The van der Waals surface area contributed by atoms with E-state index in [0.717, 1.165) is 24.1 Å². The summed E-state index contributed by atoms with van der Waals surface area (Å²) in [6.45, 7) is 7.12. The highest BCUT2D eigenvalue weighted by Crippen LogP contribution is 2.48. The number of hydrogen-bond donors (Lipinski definition) is 0. The highest BCUT2D eigenvalue weighted by molar-refractivity contribution is 9.09. The molecule has 116 valence electrons. The molecule has 2 aliphatic rings. The van der Waals surface area contributed by atoms with Gasteiger partial charge in [0.05, 0.1) is 30.6 Å². The molecule has 0 amide bonds. The van der Waals surface area contributed by atoms with E-state index in [-0.39, 0.29) is 16.6 Å². The number of nitrogens with zero attached hydrogens (tertiary/aromatic N) is 3. The molecule has 1 saturated carbocycles. The summed E-state index contributed by atoms with van der Waals surface area (Å²) in [5, 5.41) is 5.31. The molecule has 1 aromatic heterocycles. The minimum Gasteiger partial charge on any atom is -0.372 e. The number of ether oxygens (including phenoxy) is 1. The van der Waals surface area contributed by atoms with Crippen molar-refractivity contribution < 1.29 is 4.74 Å². The second-order valence-corrected chi connectivity index (χ2v) is 7.43. The number of rotatable bonds is 4. The number of morpholine rings is 1. The fourth-order valence-electron chi connectivity index (χ4n) is 2.78. The van der Waals surface area contributed by atoms with Crippen LogP contribution >= 0.6 is 15.9 Å². The molecular weight excluding hydrogens is 334 g/mol. The lowest BCUT2D eigenvalue weighted by atomic mass is 10.1. The summed E-state index contributed by atoms with van der Waals surface area (Å²) in [4.78, 5) is 14.5. The van der Waals surface area contributed by atoms with Crippen LogP contribution < -0.4 is 10.5 Å². The number of hydrogen-bond acceptors (Lipinski definition) is 4. The van der Waals surface area contributed by atoms with Crippen molar-refractivity contribution in [1.82, 2.24) is 9.78 Å². The van der Waals surface area contributed by atoms with E-state index in [2.05, 4.69) is 39.8 Å². The highest BCUT2D eigenvalue weighted by atomic mass is 79.9. The minimum absolute atomic E-state index is 0.0102. The molecule has 3 rings (SSSR count). The van der Waals surface area contributed by atoms with Gasteiger partial charge >= 0.3 is 0 Å². The van der Waals surface area contributed by atoms with Crippen molar-refractivity contribution in [2.24, 2.45) is 5.41 Å². The topological polar surface area (TPSA) is 47.4 Å². The van der Waals surface area contributed by atoms with Crippen LogP contribution in [0.1, 0.15) is 26.7 Å². The third-order valence-corrected chi connectivity index (χ3v) is 5.56. The van der Waals surface area contributed by atoms with Gasteiger partial charge in [-0.1, -0.05) is 15.9 Å². The van der Waals surface area contributed by atoms with Gasteiger partial charge in [0, 0.05) is 24.5 Å². The molecular formula is C15H22BrN3O2. The van der Waals surface area contributed by atoms with E-state index in [0.29, 0.717) is 13.2 Å². The molecule has 0 atom stereocenters. The Bertz CT molecular complexity index is 581. The normalized spacial score (nSPS) is 23.1. The summed E-state index contributed by atoms with van der Waals surface area (Å²) in [5.41, 5.74) is 0.959. The average Bonchev–Trinajstić information content (AvgIpc) is 3.20. The van der Waals surface area contributed by atoms with E-state index in [1.807, 2.05) is 6.20 Å². The summed E-state index contributed by atoms with van der Waals surface area (Å²) in [7, 11) is 0. The predicted octanol–water partition coefficient (Wildman–Crippen LogP) is 2.03.